The van der Waals surface area contributed by atoms with Gasteiger partial charge in [-0.25, -0.2) is 9.97 Å². The van der Waals surface area contributed by atoms with Crippen LogP contribution in [0.4, 0.5) is 11.9 Å². The number of aromatic amines is 4. The number of nitrogens with one attached hydrogen (secondary N) is 6. The Labute approximate surface area is 195 Å². The molecule has 178 valence electrons. The molecule has 0 fully saturated rings. The van der Waals surface area contributed by atoms with E-state index >= 15 is 0 Å². The van der Waals surface area contributed by atoms with Crippen molar-refractivity contribution in [3.05, 3.63) is 71.3 Å². The van der Waals surface area contributed by atoms with Crippen LogP contribution >= 0.6 is 0 Å². The molecule has 0 aliphatic carbocycles. The Bertz CT molecular complexity index is 1210. The van der Waals surface area contributed by atoms with Gasteiger partial charge >= 0.3 is 0 Å². The van der Waals surface area contributed by atoms with Gasteiger partial charge < -0.3 is 42.0 Å². The van der Waals surface area contributed by atoms with E-state index in [-0.39, 0.29) is 17.7 Å². The number of aromatic nitrogens is 6. The van der Waals surface area contributed by atoms with E-state index < -0.39 is 0 Å². The number of anilines is 2. The summed E-state index contributed by atoms with van der Waals surface area (Å²) in [5.74, 6) is 0.0389. The molecular formula is C22H28N10O2. The SMILES string of the molecule is Nc1ncc(C(CCNC(=O)c2ccc[nH]2)c2nc(N)[nH]c2CCCNC(=O)c2ccc[nH]2)[nH]1. The third kappa shape index (κ3) is 5.46. The molecule has 0 aliphatic heterocycles. The monoisotopic (exact) mass is 464 g/mol. The number of carbonyl (C=O) groups is 2. The Morgan fingerprint density at radius 3 is 2.21 bits per heavy atom. The van der Waals surface area contributed by atoms with Gasteiger partial charge in [0, 0.05) is 42.8 Å². The first-order valence-corrected chi connectivity index (χ1v) is 11.0. The van der Waals surface area contributed by atoms with Crippen molar-refractivity contribution < 1.29 is 9.59 Å². The summed E-state index contributed by atoms with van der Waals surface area (Å²) in [4.78, 5) is 45.0. The summed E-state index contributed by atoms with van der Waals surface area (Å²) < 4.78 is 0. The predicted octanol–water partition coefficient (Wildman–Crippen LogP) is 1.27. The van der Waals surface area contributed by atoms with Crippen LogP contribution in [0.2, 0.25) is 0 Å². The number of rotatable bonds is 11. The van der Waals surface area contributed by atoms with Crippen molar-refractivity contribution in [2.75, 3.05) is 24.6 Å². The molecule has 4 aromatic heterocycles. The molecule has 1 atom stereocenters. The summed E-state index contributed by atoms with van der Waals surface area (Å²) >= 11 is 0. The topological polar surface area (TPSA) is 199 Å². The molecule has 4 aromatic rings. The average Bonchev–Trinajstić information content (AvgIpc) is 3.62. The Morgan fingerprint density at radius 1 is 0.941 bits per heavy atom. The predicted molar refractivity (Wildman–Crippen MR) is 127 cm³/mol. The van der Waals surface area contributed by atoms with Crippen LogP contribution in [0.1, 0.15) is 56.8 Å². The summed E-state index contributed by atoms with van der Waals surface area (Å²) in [5, 5.41) is 5.80. The van der Waals surface area contributed by atoms with E-state index in [4.69, 9.17) is 11.5 Å². The number of imidazole rings is 2. The maximum atomic E-state index is 12.3. The number of nitrogens with zero attached hydrogens (tertiary/aromatic N) is 2. The zero-order valence-electron chi connectivity index (χ0n) is 18.5. The van der Waals surface area contributed by atoms with Crippen molar-refractivity contribution in [1.29, 1.82) is 0 Å². The van der Waals surface area contributed by atoms with Gasteiger partial charge in [-0.05, 0) is 43.5 Å². The lowest BCUT2D eigenvalue weighted by Gasteiger charge is -2.16. The van der Waals surface area contributed by atoms with Crippen LogP contribution in [0, 0.1) is 0 Å². The van der Waals surface area contributed by atoms with Crippen molar-refractivity contribution in [3.63, 3.8) is 0 Å². The molecule has 34 heavy (non-hydrogen) atoms. The number of hydrogen-bond donors (Lipinski definition) is 8. The highest BCUT2D eigenvalue weighted by Gasteiger charge is 2.23. The lowest BCUT2D eigenvalue weighted by Crippen LogP contribution is -2.26. The van der Waals surface area contributed by atoms with Gasteiger partial charge in [0.25, 0.3) is 11.8 Å². The van der Waals surface area contributed by atoms with Gasteiger partial charge in [0.05, 0.1) is 11.9 Å². The van der Waals surface area contributed by atoms with Crippen LogP contribution in [-0.4, -0.2) is 54.8 Å². The first kappa shape index (κ1) is 22.7. The van der Waals surface area contributed by atoms with Crippen LogP contribution in [-0.2, 0) is 6.42 Å². The minimum Gasteiger partial charge on any atom is -0.369 e. The first-order valence-electron chi connectivity index (χ1n) is 11.0. The number of carbonyl (C=O) groups excluding carboxylic acids is 2. The highest BCUT2D eigenvalue weighted by atomic mass is 16.2. The fourth-order valence-corrected chi connectivity index (χ4v) is 3.82. The molecule has 0 saturated carbocycles. The zero-order valence-corrected chi connectivity index (χ0v) is 18.5. The van der Waals surface area contributed by atoms with Crippen molar-refractivity contribution in [2.24, 2.45) is 0 Å². The van der Waals surface area contributed by atoms with Crippen LogP contribution in [0.15, 0.2) is 42.9 Å². The lowest BCUT2D eigenvalue weighted by atomic mass is 9.95. The van der Waals surface area contributed by atoms with Crippen LogP contribution in [0.3, 0.4) is 0 Å². The molecule has 1 unspecified atom stereocenters. The molecular weight excluding hydrogens is 436 g/mol. The van der Waals surface area contributed by atoms with Crippen molar-refractivity contribution >= 4 is 23.7 Å². The number of hydrogen-bond acceptors (Lipinski definition) is 6. The van der Waals surface area contributed by atoms with Gasteiger partial charge in [-0.1, -0.05) is 0 Å². The standard InChI is InChI=1S/C22H28N10O2/c23-21-29-12-17(31-21)13(7-11-28-20(34)16-6-3-9-26-16)18-14(30-22(24)32-18)4-1-10-27-19(33)15-5-2-8-25-15/h2-3,5-6,8-9,12-13,25-26H,1,4,7,10-11H2,(H,27,33)(H,28,34)(H3,23,29,31)(H3,24,30,32). The van der Waals surface area contributed by atoms with E-state index in [1.807, 2.05) is 0 Å². The van der Waals surface area contributed by atoms with E-state index in [2.05, 4.69) is 40.5 Å². The maximum absolute atomic E-state index is 12.3. The maximum Gasteiger partial charge on any atom is 0.267 e. The molecule has 10 N–H and O–H groups in total. The Morgan fingerprint density at radius 2 is 1.62 bits per heavy atom. The van der Waals surface area contributed by atoms with E-state index in [0.29, 0.717) is 55.6 Å². The number of nitrogens with two attached hydrogens (primary N) is 2. The Hall–Kier alpha value is -4.48. The van der Waals surface area contributed by atoms with Gasteiger partial charge in [-0.3, -0.25) is 9.59 Å². The second-order valence-corrected chi connectivity index (χ2v) is 7.83. The van der Waals surface area contributed by atoms with Crippen molar-refractivity contribution in [1.82, 2.24) is 40.5 Å². The van der Waals surface area contributed by atoms with Crippen molar-refractivity contribution in [2.45, 2.75) is 25.2 Å². The molecule has 0 aromatic carbocycles. The molecule has 0 bridgehead atoms. The molecule has 0 spiro atoms. The fourth-order valence-electron chi connectivity index (χ4n) is 3.82. The van der Waals surface area contributed by atoms with Crippen molar-refractivity contribution in [3.8, 4) is 0 Å². The molecule has 0 saturated heterocycles. The van der Waals surface area contributed by atoms with Gasteiger partial charge in [-0.15, -0.1) is 0 Å². The van der Waals surface area contributed by atoms with Crippen LogP contribution < -0.4 is 22.1 Å². The molecule has 12 nitrogen and oxygen atoms in total. The zero-order chi connectivity index (χ0) is 23.9. The summed E-state index contributed by atoms with van der Waals surface area (Å²) in [6.07, 6.45) is 6.93. The Balaban J connectivity index is 1.41. The third-order valence-corrected chi connectivity index (χ3v) is 5.44. The number of H-pyrrole nitrogens is 4. The second kappa shape index (κ2) is 10.4. The molecule has 0 radical (unpaired) electrons. The smallest absolute Gasteiger partial charge is 0.267 e. The molecule has 4 heterocycles. The first-order chi connectivity index (χ1) is 16.5. The minimum absolute atomic E-state index is 0.155. The summed E-state index contributed by atoms with van der Waals surface area (Å²) in [5.41, 5.74) is 15.2. The number of aryl methyl sites for hydroxylation is 1. The molecule has 4 rings (SSSR count). The second-order valence-electron chi connectivity index (χ2n) is 7.83. The minimum atomic E-state index is -0.217. The molecule has 2 amide bonds. The van der Waals surface area contributed by atoms with Gasteiger partial charge in [0.15, 0.2) is 11.9 Å². The lowest BCUT2D eigenvalue weighted by molar-refractivity contribution is 0.0940. The van der Waals surface area contributed by atoms with E-state index in [1.165, 1.54) is 0 Å². The summed E-state index contributed by atoms with van der Waals surface area (Å²) in [7, 11) is 0. The third-order valence-electron chi connectivity index (χ3n) is 5.44. The number of amides is 2. The van der Waals surface area contributed by atoms with Crippen LogP contribution in [0.5, 0.6) is 0 Å². The van der Waals surface area contributed by atoms with Gasteiger partial charge in [0.1, 0.15) is 11.4 Å². The van der Waals surface area contributed by atoms with E-state index in [9.17, 15) is 9.59 Å². The largest absolute Gasteiger partial charge is 0.369 e. The van der Waals surface area contributed by atoms with Crippen LogP contribution in [0.25, 0.3) is 0 Å². The quantitative estimate of drug-likeness (QED) is 0.154. The highest BCUT2D eigenvalue weighted by Crippen LogP contribution is 2.29. The average molecular weight is 465 g/mol. The van der Waals surface area contributed by atoms with E-state index in [1.54, 1.807) is 42.9 Å². The number of nitrogen functional groups attached to an aromatic ring is 2. The Kier molecular flexibility index (Phi) is 6.96. The fraction of sp³-hybridized carbons (Fsp3) is 0.273. The molecule has 0 aliphatic rings. The highest BCUT2D eigenvalue weighted by molar-refractivity contribution is 5.92. The molecule has 12 heteroatoms. The summed E-state index contributed by atoms with van der Waals surface area (Å²) in [6, 6.07) is 6.98. The van der Waals surface area contributed by atoms with Gasteiger partial charge in [0.2, 0.25) is 0 Å². The van der Waals surface area contributed by atoms with E-state index in [0.717, 1.165) is 17.1 Å². The summed E-state index contributed by atoms with van der Waals surface area (Å²) in [6.45, 7) is 0.893. The normalized spacial score (nSPS) is 11.9. The van der Waals surface area contributed by atoms with Gasteiger partial charge in [-0.2, -0.15) is 0 Å².